The van der Waals surface area contributed by atoms with E-state index in [1.54, 1.807) is 6.08 Å². The van der Waals surface area contributed by atoms with Crippen molar-refractivity contribution < 1.29 is 24.0 Å². The number of rotatable bonds is 4. The molecule has 0 aromatic carbocycles. The summed E-state index contributed by atoms with van der Waals surface area (Å²) in [4.78, 5) is 13.0. The number of ether oxygens (including phenoxy) is 1. The number of hydrogen-bond acceptors (Lipinski definition) is 5. The molecule has 0 bridgehead atoms. The first-order valence-corrected chi connectivity index (χ1v) is 5.87. The summed E-state index contributed by atoms with van der Waals surface area (Å²) in [6.07, 6.45) is 6.73. The van der Waals surface area contributed by atoms with Gasteiger partial charge in [-0.2, -0.15) is 0 Å². The molecule has 3 atom stereocenters. The number of carbonyl (C=O) groups excluding carboxylic acids is 1. The van der Waals surface area contributed by atoms with Gasteiger partial charge in [0.05, 0.1) is 0 Å². The van der Waals surface area contributed by atoms with Crippen LogP contribution in [0.25, 0.3) is 0 Å². The summed E-state index contributed by atoms with van der Waals surface area (Å²) in [7, 11) is 0.281. The predicted molar refractivity (Wildman–Crippen MR) is 68.1 cm³/mol. The van der Waals surface area contributed by atoms with E-state index in [0.29, 0.717) is 5.70 Å². The van der Waals surface area contributed by atoms with Gasteiger partial charge in [-0.15, -0.1) is 0 Å². The second-order valence-electron chi connectivity index (χ2n) is 4.49. The zero-order chi connectivity index (χ0) is 14.8. The van der Waals surface area contributed by atoms with Gasteiger partial charge in [0, 0.05) is 0 Å². The van der Waals surface area contributed by atoms with Crippen molar-refractivity contribution in [3.05, 3.63) is 24.6 Å². The van der Waals surface area contributed by atoms with Gasteiger partial charge in [-0.1, -0.05) is 0 Å². The van der Waals surface area contributed by atoms with E-state index in [4.69, 9.17) is 11.2 Å². The Morgan fingerprint density at radius 2 is 2.55 bits per heavy atom. The molecule has 2 rings (SSSR count). The first kappa shape index (κ1) is 14.3. The summed E-state index contributed by atoms with van der Waals surface area (Å²) in [5.74, 6) is 2.23. The van der Waals surface area contributed by atoms with Crippen LogP contribution in [0, 0.1) is 12.3 Å². The average molecular weight is 276 g/mol. The molecule has 1 saturated heterocycles. The first-order chi connectivity index (χ1) is 9.50. The minimum atomic E-state index is -1.66. The van der Waals surface area contributed by atoms with Crippen LogP contribution in [0.5, 0.6) is 0 Å². The normalized spacial score (nSPS) is 32.5. The zero-order valence-electron chi connectivity index (χ0n) is 10.6. The summed E-state index contributed by atoms with van der Waals surface area (Å²) in [6, 6.07) is -0.506. The fourth-order valence-electron chi connectivity index (χ4n) is 2.13. The summed E-state index contributed by atoms with van der Waals surface area (Å²) in [5.41, 5.74) is -1.23. The topological polar surface area (TPSA) is 88.1 Å². The van der Waals surface area contributed by atoms with Crippen molar-refractivity contribution in [2.24, 2.45) is 0 Å². The molecule has 2 amide bonds. The molecular weight excluding hydrogens is 263 g/mol. The number of carbonyl (C=O) groups is 1. The van der Waals surface area contributed by atoms with Crippen molar-refractivity contribution in [1.29, 1.82) is 0 Å². The number of nitrogens with zero attached hydrogens (tertiary/aromatic N) is 1. The zero-order valence-corrected chi connectivity index (χ0v) is 10.6. The van der Waals surface area contributed by atoms with E-state index in [-0.39, 0.29) is 20.4 Å². The first-order valence-electron chi connectivity index (χ1n) is 5.87. The molecule has 8 heteroatoms. The number of terminal acetylenes is 1. The van der Waals surface area contributed by atoms with Gasteiger partial charge >= 0.3 is 115 Å². The third kappa shape index (κ3) is 2.59. The molecule has 0 aromatic heterocycles. The summed E-state index contributed by atoms with van der Waals surface area (Å²) in [5, 5.41) is 12.9. The predicted octanol–water partition coefficient (Wildman–Crippen LogP) is -0.500. The molecule has 2 aliphatic heterocycles. The van der Waals surface area contributed by atoms with Gasteiger partial charge in [-0.3, -0.25) is 0 Å². The van der Waals surface area contributed by atoms with Gasteiger partial charge in [-0.25, -0.2) is 0 Å². The number of urea groups is 1. The molecule has 2 heterocycles. The SMILES string of the molecule is C#C[C@@]1(O)CC(COB=O)OC1N1C=CC(=C)NC1=O. The number of aliphatic hydroxyl groups is 1. The van der Waals surface area contributed by atoms with Gasteiger partial charge < -0.3 is 0 Å². The Morgan fingerprint density at radius 3 is 3.15 bits per heavy atom. The maximum absolute atomic E-state index is 11.9. The minimum absolute atomic E-state index is 0.0458. The average Bonchev–Trinajstić information content (AvgIpc) is 2.74. The number of amides is 2. The Kier molecular flexibility index (Phi) is 3.92. The molecule has 0 saturated carbocycles. The molecule has 0 radical (unpaired) electrons. The van der Waals surface area contributed by atoms with Crippen LogP contribution >= 0.6 is 0 Å². The van der Waals surface area contributed by atoms with E-state index >= 15 is 0 Å². The van der Waals surface area contributed by atoms with Crippen LogP contribution in [0.3, 0.4) is 0 Å². The van der Waals surface area contributed by atoms with Crippen LogP contribution in [0.1, 0.15) is 6.42 Å². The second-order valence-corrected chi connectivity index (χ2v) is 4.49. The van der Waals surface area contributed by atoms with E-state index in [2.05, 4.69) is 22.5 Å². The van der Waals surface area contributed by atoms with Crippen molar-refractivity contribution in [3.8, 4) is 12.3 Å². The number of nitrogens with one attached hydrogen (secondary N) is 1. The third-order valence-corrected chi connectivity index (χ3v) is 3.06. The van der Waals surface area contributed by atoms with Gasteiger partial charge in [0.15, 0.2) is 0 Å². The molecule has 0 aromatic rings. The number of hydrogen-bond donors (Lipinski definition) is 2. The third-order valence-electron chi connectivity index (χ3n) is 3.06. The van der Waals surface area contributed by atoms with Crippen LogP contribution in [0.4, 0.5) is 4.79 Å². The molecule has 20 heavy (non-hydrogen) atoms. The molecule has 2 unspecified atom stereocenters. The summed E-state index contributed by atoms with van der Waals surface area (Å²) in [6.45, 7) is 3.54. The van der Waals surface area contributed by atoms with Crippen LogP contribution in [-0.2, 0) is 14.1 Å². The van der Waals surface area contributed by atoms with E-state index < -0.39 is 24.0 Å². The van der Waals surface area contributed by atoms with E-state index in [9.17, 15) is 14.6 Å². The van der Waals surface area contributed by atoms with Gasteiger partial charge in [0.2, 0.25) is 0 Å². The Morgan fingerprint density at radius 1 is 1.80 bits per heavy atom. The molecule has 104 valence electrons. The van der Waals surface area contributed by atoms with Crippen LogP contribution in [-0.4, -0.2) is 47.9 Å². The van der Waals surface area contributed by atoms with E-state index in [1.165, 1.54) is 6.20 Å². The Hall–Kier alpha value is -2.11. The fourth-order valence-corrected chi connectivity index (χ4v) is 2.13. The summed E-state index contributed by atoms with van der Waals surface area (Å²) < 4.78 is 20.3. The Labute approximate surface area is 116 Å². The van der Waals surface area contributed by atoms with Crippen LogP contribution in [0.15, 0.2) is 24.6 Å². The van der Waals surface area contributed by atoms with Crippen LogP contribution < -0.4 is 5.32 Å². The molecular formula is C12H13BN2O5. The van der Waals surface area contributed by atoms with Gasteiger partial charge in [-0.05, 0) is 0 Å². The second kappa shape index (κ2) is 5.49. The van der Waals surface area contributed by atoms with Crippen LogP contribution in [0.2, 0.25) is 0 Å². The quantitative estimate of drug-likeness (QED) is 0.534. The van der Waals surface area contributed by atoms with Gasteiger partial charge in [0.25, 0.3) is 0 Å². The van der Waals surface area contributed by atoms with Crippen molar-refractivity contribution in [2.75, 3.05) is 6.61 Å². The molecule has 7 nitrogen and oxygen atoms in total. The standard InChI is InChI=1S/C12H13BN2O5/c1-3-12(17)6-9(7-19-13-18)20-10(12)15-5-4-8(2)14-11(15)16/h1,4-5,9-10,17H,2,6-7H2,(H,14,16)/t9?,10?,12-/m1/s1. The molecule has 0 spiro atoms. The molecule has 1 fully saturated rings. The van der Waals surface area contributed by atoms with Crippen molar-refractivity contribution in [1.82, 2.24) is 10.2 Å². The molecule has 2 aliphatic rings. The summed E-state index contributed by atoms with van der Waals surface area (Å²) >= 11 is 0. The van der Waals surface area contributed by atoms with Crippen molar-refractivity contribution >= 4 is 13.4 Å². The number of allylic oxidation sites excluding steroid dienone is 1. The molecule has 0 aliphatic carbocycles. The Bertz CT molecular complexity index is 514. The fraction of sp³-hybridized carbons (Fsp3) is 0.417. The Balaban J connectivity index is 2.19. The van der Waals surface area contributed by atoms with Crippen molar-refractivity contribution in [2.45, 2.75) is 24.4 Å². The van der Waals surface area contributed by atoms with Crippen molar-refractivity contribution in [3.63, 3.8) is 0 Å². The molecule has 2 N–H and O–H groups in total. The van der Waals surface area contributed by atoms with Gasteiger partial charge in [0.1, 0.15) is 0 Å². The van der Waals surface area contributed by atoms with E-state index in [0.717, 1.165) is 4.90 Å². The van der Waals surface area contributed by atoms with E-state index in [1.807, 2.05) is 0 Å². The maximum atomic E-state index is 11.9. The monoisotopic (exact) mass is 276 g/mol.